The largest absolute Gasteiger partial charge is 0.298 e. The summed E-state index contributed by atoms with van der Waals surface area (Å²) < 4.78 is 0.985. The van der Waals surface area contributed by atoms with Crippen LogP contribution in [0.25, 0.3) is 10.2 Å². The van der Waals surface area contributed by atoms with E-state index in [0.29, 0.717) is 20.7 Å². The zero-order chi connectivity index (χ0) is 15.9. The molecule has 6 heteroatoms. The fourth-order valence-corrected chi connectivity index (χ4v) is 3.29. The van der Waals surface area contributed by atoms with Crippen LogP contribution in [0.2, 0.25) is 10.0 Å². The van der Waals surface area contributed by atoms with Gasteiger partial charge in [0.25, 0.3) is 5.91 Å². The third kappa shape index (κ3) is 2.95. The summed E-state index contributed by atoms with van der Waals surface area (Å²) in [6.07, 6.45) is 0. The van der Waals surface area contributed by atoms with Gasteiger partial charge in [0.2, 0.25) is 0 Å². The lowest BCUT2D eigenvalue weighted by Gasteiger charge is -2.03. The summed E-state index contributed by atoms with van der Waals surface area (Å²) in [5.41, 5.74) is 3.20. The summed E-state index contributed by atoms with van der Waals surface area (Å²) >= 11 is 13.6. The van der Waals surface area contributed by atoms with Gasteiger partial charge >= 0.3 is 0 Å². The zero-order valence-electron chi connectivity index (χ0n) is 11.9. The molecule has 3 nitrogen and oxygen atoms in total. The molecule has 1 aromatic heterocycles. The maximum Gasteiger partial charge on any atom is 0.257 e. The van der Waals surface area contributed by atoms with Gasteiger partial charge in [-0.2, -0.15) is 0 Å². The Morgan fingerprint density at radius 3 is 2.55 bits per heavy atom. The van der Waals surface area contributed by atoms with Gasteiger partial charge in [0.15, 0.2) is 5.13 Å². The third-order valence-corrected chi connectivity index (χ3v) is 5.07. The predicted molar refractivity (Wildman–Crippen MR) is 93.5 cm³/mol. The van der Waals surface area contributed by atoms with Gasteiger partial charge in [0.1, 0.15) is 0 Å². The molecule has 0 fully saturated rings. The minimum absolute atomic E-state index is 0.233. The number of rotatable bonds is 2. The molecule has 0 saturated carbocycles. The van der Waals surface area contributed by atoms with Gasteiger partial charge in [-0.15, -0.1) is 0 Å². The van der Waals surface area contributed by atoms with E-state index >= 15 is 0 Å². The maximum atomic E-state index is 12.3. The van der Waals surface area contributed by atoms with Crippen molar-refractivity contribution in [1.29, 1.82) is 0 Å². The molecule has 2 aromatic carbocycles. The van der Waals surface area contributed by atoms with Crippen molar-refractivity contribution in [3.05, 3.63) is 57.1 Å². The van der Waals surface area contributed by atoms with E-state index in [1.165, 1.54) is 11.3 Å². The minimum Gasteiger partial charge on any atom is -0.298 e. The van der Waals surface area contributed by atoms with E-state index < -0.39 is 0 Å². The van der Waals surface area contributed by atoms with Crippen LogP contribution in [0.3, 0.4) is 0 Å². The van der Waals surface area contributed by atoms with Crippen LogP contribution in [0, 0.1) is 13.8 Å². The Morgan fingerprint density at radius 2 is 1.82 bits per heavy atom. The van der Waals surface area contributed by atoms with E-state index in [1.807, 2.05) is 26.0 Å². The molecule has 0 aliphatic carbocycles. The molecular formula is C16H12Cl2N2OS. The van der Waals surface area contributed by atoms with Crippen molar-refractivity contribution in [3.63, 3.8) is 0 Å². The van der Waals surface area contributed by atoms with E-state index in [2.05, 4.69) is 10.3 Å². The second-order valence-electron chi connectivity index (χ2n) is 5.01. The van der Waals surface area contributed by atoms with Crippen molar-refractivity contribution in [3.8, 4) is 0 Å². The van der Waals surface area contributed by atoms with Crippen LogP contribution in [-0.4, -0.2) is 10.9 Å². The first-order valence-electron chi connectivity index (χ1n) is 6.58. The number of aromatic nitrogens is 1. The number of carbonyl (C=O) groups is 1. The molecule has 0 unspecified atom stereocenters. The lowest BCUT2D eigenvalue weighted by Crippen LogP contribution is -2.11. The van der Waals surface area contributed by atoms with E-state index in [4.69, 9.17) is 23.2 Å². The fraction of sp³-hybridized carbons (Fsp3) is 0.125. The molecule has 0 spiro atoms. The van der Waals surface area contributed by atoms with Crippen molar-refractivity contribution in [2.75, 3.05) is 5.32 Å². The maximum absolute atomic E-state index is 12.3. The molecule has 1 N–H and O–H groups in total. The number of amides is 1. The average Bonchev–Trinajstić information content (AvgIpc) is 2.83. The molecule has 0 bridgehead atoms. The van der Waals surface area contributed by atoms with Crippen LogP contribution in [0.4, 0.5) is 5.13 Å². The molecule has 0 aliphatic rings. The first kappa shape index (κ1) is 15.3. The predicted octanol–water partition coefficient (Wildman–Crippen LogP) is 5.47. The van der Waals surface area contributed by atoms with Crippen LogP contribution in [0.15, 0.2) is 30.3 Å². The third-order valence-electron chi connectivity index (χ3n) is 3.32. The van der Waals surface area contributed by atoms with Crippen LogP contribution in [0.5, 0.6) is 0 Å². The Morgan fingerprint density at radius 1 is 1.09 bits per heavy atom. The molecular weight excluding hydrogens is 339 g/mol. The zero-order valence-corrected chi connectivity index (χ0v) is 14.2. The van der Waals surface area contributed by atoms with Gasteiger partial charge in [-0.1, -0.05) is 40.6 Å². The van der Waals surface area contributed by atoms with E-state index in [9.17, 15) is 4.79 Å². The smallest absolute Gasteiger partial charge is 0.257 e. The molecule has 1 heterocycles. The average molecular weight is 351 g/mol. The topological polar surface area (TPSA) is 42.0 Å². The van der Waals surface area contributed by atoms with Gasteiger partial charge in [-0.25, -0.2) is 4.98 Å². The van der Waals surface area contributed by atoms with E-state index in [0.717, 1.165) is 21.3 Å². The van der Waals surface area contributed by atoms with Gasteiger partial charge < -0.3 is 0 Å². The number of benzene rings is 2. The van der Waals surface area contributed by atoms with Crippen LogP contribution >= 0.6 is 34.5 Å². The van der Waals surface area contributed by atoms with Crippen molar-refractivity contribution in [2.24, 2.45) is 0 Å². The van der Waals surface area contributed by atoms with Gasteiger partial charge in [-0.05, 0) is 49.2 Å². The highest BCUT2D eigenvalue weighted by Gasteiger charge is 2.12. The molecule has 0 radical (unpaired) electrons. The molecule has 22 heavy (non-hydrogen) atoms. The van der Waals surface area contributed by atoms with E-state index in [1.54, 1.807) is 18.2 Å². The highest BCUT2D eigenvalue weighted by Crippen LogP contribution is 2.30. The number of hydrogen-bond acceptors (Lipinski definition) is 3. The summed E-state index contributed by atoms with van der Waals surface area (Å²) in [5.74, 6) is -0.233. The number of fused-ring (bicyclic) bond motifs is 1. The molecule has 0 saturated heterocycles. The number of hydrogen-bond donors (Lipinski definition) is 1. The van der Waals surface area contributed by atoms with Crippen LogP contribution in [0.1, 0.15) is 21.5 Å². The standard InChI is InChI=1S/C16H12Cl2N2OS/c1-8-3-4-10(6-11(8)17)15(21)20-16-19-13-7-12(18)9(2)5-14(13)22-16/h3-7H,1-2H3,(H,19,20,21). The molecule has 0 aliphatic heterocycles. The normalized spacial score (nSPS) is 10.9. The monoisotopic (exact) mass is 350 g/mol. The number of aryl methyl sites for hydroxylation is 2. The number of halogens is 2. The molecule has 1 amide bonds. The summed E-state index contributed by atoms with van der Waals surface area (Å²) in [7, 11) is 0. The van der Waals surface area contributed by atoms with Gasteiger partial charge in [0.05, 0.1) is 10.2 Å². The number of thiazole rings is 1. The first-order chi connectivity index (χ1) is 10.4. The Bertz CT molecular complexity index is 850. The number of nitrogens with one attached hydrogen (secondary N) is 1. The van der Waals surface area contributed by atoms with Crippen LogP contribution < -0.4 is 5.32 Å². The SMILES string of the molecule is Cc1ccc(C(=O)Nc2nc3cc(Cl)c(C)cc3s2)cc1Cl. The Balaban J connectivity index is 1.89. The lowest BCUT2D eigenvalue weighted by atomic mass is 10.1. The van der Waals surface area contributed by atoms with Gasteiger partial charge in [0, 0.05) is 15.6 Å². The quantitative estimate of drug-likeness (QED) is 0.665. The van der Waals surface area contributed by atoms with Crippen molar-refractivity contribution >= 4 is 55.8 Å². The van der Waals surface area contributed by atoms with Crippen molar-refractivity contribution in [1.82, 2.24) is 4.98 Å². The Labute approximate surface area is 141 Å². The minimum atomic E-state index is -0.233. The summed E-state index contributed by atoms with van der Waals surface area (Å²) in [6.45, 7) is 3.83. The number of carbonyl (C=O) groups excluding carboxylic acids is 1. The fourth-order valence-electron chi connectivity index (χ4n) is 2.01. The number of nitrogens with zero attached hydrogens (tertiary/aromatic N) is 1. The molecule has 3 aromatic rings. The second-order valence-corrected chi connectivity index (χ2v) is 6.85. The Hall–Kier alpha value is -1.62. The highest BCUT2D eigenvalue weighted by atomic mass is 35.5. The van der Waals surface area contributed by atoms with Crippen molar-refractivity contribution in [2.45, 2.75) is 13.8 Å². The lowest BCUT2D eigenvalue weighted by molar-refractivity contribution is 0.102. The second kappa shape index (κ2) is 5.88. The molecule has 0 atom stereocenters. The Kier molecular flexibility index (Phi) is 4.08. The molecule has 3 rings (SSSR count). The van der Waals surface area contributed by atoms with Gasteiger partial charge in [-0.3, -0.25) is 10.1 Å². The first-order valence-corrected chi connectivity index (χ1v) is 8.15. The summed E-state index contributed by atoms with van der Waals surface area (Å²) in [5, 5.41) is 4.58. The van der Waals surface area contributed by atoms with Crippen molar-refractivity contribution < 1.29 is 4.79 Å². The highest BCUT2D eigenvalue weighted by molar-refractivity contribution is 7.22. The van der Waals surface area contributed by atoms with E-state index in [-0.39, 0.29) is 5.91 Å². The molecule has 112 valence electrons. The summed E-state index contributed by atoms with van der Waals surface area (Å²) in [6, 6.07) is 8.99. The number of anilines is 1. The van der Waals surface area contributed by atoms with Crippen LogP contribution in [-0.2, 0) is 0 Å². The summed E-state index contributed by atoms with van der Waals surface area (Å²) in [4.78, 5) is 16.6.